The Morgan fingerprint density at radius 3 is 2.58 bits per heavy atom. The smallest absolute Gasteiger partial charge is 0.323 e. The summed E-state index contributed by atoms with van der Waals surface area (Å²) in [5.41, 5.74) is 0.839. The van der Waals surface area contributed by atoms with Gasteiger partial charge >= 0.3 is 5.97 Å². The molecule has 5 heteroatoms. The van der Waals surface area contributed by atoms with E-state index in [0.717, 1.165) is 25.1 Å². The Labute approximate surface area is 118 Å². The number of hydrogen-bond donors (Lipinski definition) is 1. The molecule has 0 aliphatic heterocycles. The van der Waals surface area contributed by atoms with Crippen molar-refractivity contribution < 1.29 is 14.6 Å². The van der Waals surface area contributed by atoms with Crippen LogP contribution in [0.2, 0.25) is 5.02 Å². The molecule has 0 aromatic heterocycles. The molecule has 1 N–H and O–H groups in total. The van der Waals surface area contributed by atoms with Crippen molar-refractivity contribution in [3.05, 3.63) is 29.3 Å². The number of halogens is 1. The van der Waals surface area contributed by atoms with Crippen LogP contribution in [0.25, 0.3) is 0 Å². The number of nitrogens with zero attached hydrogens (tertiary/aromatic N) is 1. The predicted molar refractivity (Wildman–Crippen MR) is 77.0 cm³/mol. The molecule has 1 aromatic rings. The molecule has 0 amide bonds. The van der Waals surface area contributed by atoms with E-state index in [2.05, 4.69) is 6.92 Å². The van der Waals surface area contributed by atoms with E-state index in [-0.39, 0.29) is 6.54 Å². The van der Waals surface area contributed by atoms with Gasteiger partial charge in [0.2, 0.25) is 0 Å². The molecule has 106 valence electrons. The van der Waals surface area contributed by atoms with Crippen molar-refractivity contribution in [2.75, 3.05) is 31.2 Å². The Kier molecular flexibility index (Phi) is 7.30. The number of ether oxygens (including phenoxy) is 1. The van der Waals surface area contributed by atoms with Crippen LogP contribution >= 0.6 is 11.6 Å². The molecule has 0 atom stereocenters. The second kappa shape index (κ2) is 8.77. The third kappa shape index (κ3) is 6.45. The topological polar surface area (TPSA) is 49.8 Å². The van der Waals surface area contributed by atoms with E-state index < -0.39 is 5.97 Å². The Bertz CT molecular complexity index is 381. The van der Waals surface area contributed by atoms with Crippen LogP contribution < -0.4 is 4.90 Å². The third-order valence-corrected chi connectivity index (χ3v) is 2.92. The number of aliphatic carboxylic acids is 1. The molecule has 0 saturated heterocycles. The summed E-state index contributed by atoms with van der Waals surface area (Å²) in [7, 11) is 0. The van der Waals surface area contributed by atoms with E-state index in [0.29, 0.717) is 18.2 Å². The van der Waals surface area contributed by atoms with E-state index >= 15 is 0 Å². The van der Waals surface area contributed by atoms with Gasteiger partial charge in [-0.1, -0.05) is 24.9 Å². The average Bonchev–Trinajstić information content (AvgIpc) is 2.38. The van der Waals surface area contributed by atoms with Gasteiger partial charge in [0.1, 0.15) is 6.54 Å². The minimum atomic E-state index is -0.858. The molecule has 0 bridgehead atoms. The minimum absolute atomic E-state index is 0.0429. The first kappa shape index (κ1) is 15.8. The quantitative estimate of drug-likeness (QED) is 0.709. The Morgan fingerprint density at radius 2 is 2.00 bits per heavy atom. The minimum Gasteiger partial charge on any atom is -0.480 e. The van der Waals surface area contributed by atoms with Gasteiger partial charge in [-0.2, -0.15) is 0 Å². The molecule has 0 unspecified atom stereocenters. The van der Waals surface area contributed by atoms with Crippen molar-refractivity contribution in [3.63, 3.8) is 0 Å². The highest BCUT2D eigenvalue weighted by molar-refractivity contribution is 6.30. The van der Waals surface area contributed by atoms with E-state index in [1.165, 1.54) is 0 Å². The largest absolute Gasteiger partial charge is 0.480 e. The molecule has 0 saturated carbocycles. The van der Waals surface area contributed by atoms with Crippen LogP contribution in [0.4, 0.5) is 5.69 Å². The first-order chi connectivity index (χ1) is 9.13. The van der Waals surface area contributed by atoms with E-state index in [1.807, 2.05) is 12.1 Å². The fourth-order valence-electron chi connectivity index (χ4n) is 1.64. The zero-order valence-corrected chi connectivity index (χ0v) is 11.9. The summed E-state index contributed by atoms with van der Waals surface area (Å²) >= 11 is 5.82. The van der Waals surface area contributed by atoms with Crippen LogP contribution in [0.15, 0.2) is 24.3 Å². The fourth-order valence-corrected chi connectivity index (χ4v) is 1.76. The average molecular weight is 286 g/mol. The number of carboxylic acids is 1. The van der Waals surface area contributed by atoms with E-state index in [9.17, 15) is 4.79 Å². The third-order valence-electron chi connectivity index (χ3n) is 2.67. The first-order valence-electron chi connectivity index (χ1n) is 6.43. The number of unbranched alkanes of at least 4 members (excludes halogenated alkanes) is 1. The maximum Gasteiger partial charge on any atom is 0.323 e. The van der Waals surface area contributed by atoms with Gasteiger partial charge in [0.15, 0.2) is 0 Å². The van der Waals surface area contributed by atoms with E-state index in [1.54, 1.807) is 17.0 Å². The summed E-state index contributed by atoms with van der Waals surface area (Å²) in [5, 5.41) is 9.57. The van der Waals surface area contributed by atoms with Crippen molar-refractivity contribution in [1.82, 2.24) is 0 Å². The molecule has 0 fully saturated rings. The van der Waals surface area contributed by atoms with Gasteiger partial charge in [-0.15, -0.1) is 0 Å². The van der Waals surface area contributed by atoms with Gasteiger partial charge in [0, 0.05) is 23.9 Å². The van der Waals surface area contributed by atoms with Crippen molar-refractivity contribution in [2.24, 2.45) is 0 Å². The van der Waals surface area contributed by atoms with Crippen molar-refractivity contribution >= 4 is 23.3 Å². The van der Waals surface area contributed by atoms with Gasteiger partial charge in [-0.3, -0.25) is 4.79 Å². The highest BCUT2D eigenvalue weighted by atomic mass is 35.5. The lowest BCUT2D eigenvalue weighted by Crippen LogP contribution is -2.32. The monoisotopic (exact) mass is 285 g/mol. The molecule has 0 aliphatic rings. The van der Waals surface area contributed by atoms with Gasteiger partial charge in [-0.25, -0.2) is 0 Å². The molecule has 19 heavy (non-hydrogen) atoms. The maximum atomic E-state index is 10.9. The molecular formula is C14H20ClNO3. The highest BCUT2D eigenvalue weighted by Gasteiger charge is 2.10. The molecule has 0 radical (unpaired) electrons. The molecular weight excluding hydrogens is 266 g/mol. The summed E-state index contributed by atoms with van der Waals surface area (Å²) < 4.78 is 5.47. The van der Waals surface area contributed by atoms with Gasteiger partial charge in [0.05, 0.1) is 6.61 Å². The standard InChI is InChI=1S/C14H20ClNO3/c1-2-3-9-19-10-8-16(11-14(17)18)13-6-4-12(15)5-7-13/h4-7H,2-3,8-11H2,1H3,(H,17,18). The van der Waals surface area contributed by atoms with Crippen LogP contribution in [0.3, 0.4) is 0 Å². The molecule has 1 aromatic carbocycles. The maximum absolute atomic E-state index is 10.9. The summed E-state index contributed by atoms with van der Waals surface area (Å²) in [4.78, 5) is 12.6. The second-order valence-electron chi connectivity index (χ2n) is 4.26. The van der Waals surface area contributed by atoms with Crippen molar-refractivity contribution in [1.29, 1.82) is 0 Å². The Balaban J connectivity index is 2.51. The lowest BCUT2D eigenvalue weighted by Gasteiger charge is -2.22. The zero-order chi connectivity index (χ0) is 14.1. The van der Waals surface area contributed by atoms with Crippen molar-refractivity contribution in [2.45, 2.75) is 19.8 Å². The van der Waals surface area contributed by atoms with Crippen LogP contribution in [0.5, 0.6) is 0 Å². The van der Waals surface area contributed by atoms with Crippen LogP contribution in [0.1, 0.15) is 19.8 Å². The second-order valence-corrected chi connectivity index (χ2v) is 4.69. The summed E-state index contributed by atoms with van der Waals surface area (Å²) in [5.74, 6) is -0.858. The lowest BCUT2D eigenvalue weighted by atomic mass is 10.3. The number of carbonyl (C=O) groups is 1. The summed E-state index contributed by atoms with van der Waals surface area (Å²) in [6.45, 7) is 3.86. The summed E-state index contributed by atoms with van der Waals surface area (Å²) in [6, 6.07) is 7.14. The predicted octanol–water partition coefficient (Wildman–Crippen LogP) is 3.05. The number of hydrogen-bond acceptors (Lipinski definition) is 3. The first-order valence-corrected chi connectivity index (χ1v) is 6.81. The number of anilines is 1. The number of rotatable bonds is 9. The van der Waals surface area contributed by atoms with E-state index in [4.69, 9.17) is 21.4 Å². The Hall–Kier alpha value is -1.26. The molecule has 0 heterocycles. The SMILES string of the molecule is CCCCOCCN(CC(=O)O)c1ccc(Cl)cc1. The highest BCUT2D eigenvalue weighted by Crippen LogP contribution is 2.17. The van der Waals surface area contributed by atoms with Crippen molar-refractivity contribution in [3.8, 4) is 0 Å². The number of carboxylic acid groups (broad SMARTS) is 1. The normalized spacial score (nSPS) is 10.4. The van der Waals surface area contributed by atoms with Crippen LogP contribution in [-0.4, -0.2) is 37.4 Å². The van der Waals surface area contributed by atoms with Gasteiger partial charge < -0.3 is 14.7 Å². The lowest BCUT2D eigenvalue weighted by molar-refractivity contribution is -0.135. The van der Waals surface area contributed by atoms with Gasteiger partial charge in [-0.05, 0) is 30.7 Å². The number of benzene rings is 1. The zero-order valence-electron chi connectivity index (χ0n) is 11.1. The van der Waals surface area contributed by atoms with Crippen LogP contribution in [0, 0.1) is 0 Å². The summed E-state index contributed by atoms with van der Waals surface area (Å²) in [6.07, 6.45) is 2.12. The van der Waals surface area contributed by atoms with Crippen LogP contribution in [-0.2, 0) is 9.53 Å². The molecule has 4 nitrogen and oxygen atoms in total. The molecule has 0 spiro atoms. The molecule has 0 aliphatic carbocycles. The molecule has 1 rings (SSSR count). The van der Waals surface area contributed by atoms with Gasteiger partial charge in [0.25, 0.3) is 0 Å². The Morgan fingerprint density at radius 1 is 1.32 bits per heavy atom. The fraction of sp³-hybridized carbons (Fsp3) is 0.500.